The summed E-state index contributed by atoms with van der Waals surface area (Å²) >= 11 is 0. The number of hydrogen-bond donors (Lipinski definition) is 1. The Morgan fingerprint density at radius 2 is 2.17 bits per heavy atom. The molecule has 2 rings (SSSR count). The van der Waals surface area contributed by atoms with Crippen LogP contribution in [-0.4, -0.2) is 28.5 Å². The standard InChI is InChI=1S/C14H23N3O/c1-2-5-13(15)12-6-9-16(10-12)11-14(18)17-7-3-4-8-17/h6,9-10,13H,2-5,7-8,11,15H2,1H3. The second-order valence-electron chi connectivity index (χ2n) is 5.10. The lowest BCUT2D eigenvalue weighted by Gasteiger charge is -2.15. The molecule has 0 aliphatic carbocycles. The molecule has 1 aromatic rings. The Hall–Kier alpha value is -1.29. The zero-order chi connectivity index (χ0) is 13.0. The first-order valence-corrected chi connectivity index (χ1v) is 6.89. The molecule has 0 bridgehead atoms. The van der Waals surface area contributed by atoms with Crippen LogP contribution in [0.1, 0.15) is 44.2 Å². The van der Waals surface area contributed by atoms with Gasteiger partial charge in [0.05, 0.1) is 0 Å². The van der Waals surface area contributed by atoms with Crippen LogP contribution in [0.25, 0.3) is 0 Å². The SMILES string of the molecule is CCCC(N)c1ccn(CC(=O)N2CCCC2)c1. The number of carbonyl (C=O) groups excluding carboxylic acids is 1. The number of aromatic nitrogens is 1. The van der Waals surface area contributed by atoms with Crippen molar-refractivity contribution >= 4 is 5.91 Å². The molecule has 1 amide bonds. The van der Waals surface area contributed by atoms with Crippen LogP contribution in [0.2, 0.25) is 0 Å². The minimum Gasteiger partial charge on any atom is -0.345 e. The van der Waals surface area contributed by atoms with Crippen molar-refractivity contribution in [2.24, 2.45) is 5.73 Å². The predicted octanol–water partition coefficient (Wildman–Crippen LogP) is 1.91. The van der Waals surface area contributed by atoms with Gasteiger partial charge >= 0.3 is 0 Å². The molecule has 1 aliphatic rings. The number of likely N-dealkylation sites (tertiary alicyclic amines) is 1. The fourth-order valence-electron chi connectivity index (χ4n) is 2.48. The molecule has 1 fully saturated rings. The first-order valence-electron chi connectivity index (χ1n) is 6.89. The quantitative estimate of drug-likeness (QED) is 0.866. The van der Waals surface area contributed by atoms with E-state index in [0.29, 0.717) is 6.54 Å². The Labute approximate surface area is 109 Å². The van der Waals surface area contributed by atoms with Gasteiger partial charge in [-0.05, 0) is 30.9 Å². The molecular weight excluding hydrogens is 226 g/mol. The highest BCUT2D eigenvalue weighted by molar-refractivity contribution is 5.76. The molecule has 0 aromatic carbocycles. The first kappa shape index (κ1) is 13.1. The van der Waals surface area contributed by atoms with Crippen molar-refractivity contribution < 1.29 is 4.79 Å². The van der Waals surface area contributed by atoms with Gasteiger partial charge in [0, 0.05) is 31.5 Å². The molecule has 1 unspecified atom stereocenters. The third-order valence-electron chi connectivity index (χ3n) is 3.58. The van der Waals surface area contributed by atoms with E-state index in [4.69, 9.17) is 5.73 Å². The smallest absolute Gasteiger partial charge is 0.242 e. The van der Waals surface area contributed by atoms with E-state index in [-0.39, 0.29) is 11.9 Å². The Bertz CT molecular complexity index is 393. The Balaban J connectivity index is 1.91. The van der Waals surface area contributed by atoms with Crippen molar-refractivity contribution in [2.75, 3.05) is 13.1 Å². The molecule has 1 saturated heterocycles. The summed E-state index contributed by atoms with van der Waals surface area (Å²) < 4.78 is 1.95. The molecule has 100 valence electrons. The molecule has 1 aromatic heterocycles. The van der Waals surface area contributed by atoms with Gasteiger partial charge in [-0.2, -0.15) is 0 Å². The number of carbonyl (C=O) groups is 1. The normalized spacial score (nSPS) is 17.1. The lowest BCUT2D eigenvalue weighted by atomic mass is 10.1. The summed E-state index contributed by atoms with van der Waals surface area (Å²) in [4.78, 5) is 13.9. The van der Waals surface area contributed by atoms with Crippen molar-refractivity contribution in [3.63, 3.8) is 0 Å². The van der Waals surface area contributed by atoms with Crippen LogP contribution in [0.5, 0.6) is 0 Å². The molecule has 18 heavy (non-hydrogen) atoms. The minimum absolute atomic E-state index is 0.0955. The van der Waals surface area contributed by atoms with E-state index in [1.165, 1.54) is 0 Å². The van der Waals surface area contributed by atoms with E-state index >= 15 is 0 Å². The van der Waals surface area contributed by atoms with Gasteiger partial charge in [0.1, 0.15) is 6.54 Å². The number of amides is 1. The van der Waals surface area contributed by atoms with Crippen LogP contribution in [-0.2, 0) is 11.3 Å². The van der Waals surface area contributed by atoms with Gasteiger partial charge in [0.25, 0.3) is 0 Å². The van der Waals surface area contributed by atoms with Crippen molar-refractivity contribution in [1.29, 1.82) is 0 Å². The van der Waals surface area contributed by atoms with Gasteiger partial charge in [0.2, 0.25) is 5.91 Å². The van der Waals surface area contributed by atoms with E-state index in [1.54, 1.807) is 0 Å². The Morgan fingerprint density at radius 3 is 2.83 bits per heavy atom. The lowest BCUT2D eigenvalue weighted by molar-refractivity contribution is -0.130. The summed E-state index contributed by atoms with van der Waals surface area (Å²) in [6.45, 7) is 4.41. The molecule has 1 aliphatic heterocycles. The third-order valence-corrected chi connectivity index (χ3v) is 3.58. The zero-order valence-electron chi connectivity index (χ0n) is 11.1. The highest BCUT2D eigenvalue weighted by atomic mass is 16.2. The molecule has 4 heteroatoms. The molecule has 2 heterocycles. The number of hydrogen-bond acceptors (Lipinski definition) is 2. The van der Waals surface area contributed by atoms with E-state index in [1.807, 2.05) is 27.9 Å². The molecule has 0 spiro atoms. The van der Waals surface area contributed by atoms with Crippen molar-refractivity contribution in [1.82, 2.24) is 9.47 Å². The second kappa shape index (κ2) is 6.05. The molecule has 1 atom stereocenters. The second-order valence-corrected chi connectivity index (χ2v) is 5.10. The monoisotopic (exact) mass is 249 g/mol. The lowest BCUT2D eigenvalue weighted by Crippen LogP contribution is -2.30. The average Bonchev–Trinajstić information content (AvgIpc) is 2.99. The maximum absolute atomic E-state index is 12.0. The minimum atomic E-state index is 0.0955. The van der Waals surface area contributed by atoms with Crippen molar-refractivity contribution in [3.05, 3.63) is 24.0 Å². The summed E-state index contributed by atoms with van der Waals surface area (Å²) in [5.41, 5.74) is 7.19. The third kappa shape index (κ3) is 3.13. The summed E-state index contributed by atoms with van der Waals surface area (Å²) in [6, 6.07) is 2.12. The van der Waals surface area contributed by atoms with Crippen LogP contribution in [0.4, 0.5) is 0 Å². The van der Waals surface area contributed by atoms with Gasteiger partial charge in [-0.1, -0.05) is 13.3 Å². The molecule has 4 nitrogen and oxygen atoms in total. The van der Waals surface area contributed by atoms with Gasteiger partial charge in [-0.3, -0.25) is 4.79 Å². The Morgan fingerprint density at radius 1 is 1.44 bits per heavy atom. The number of nitrogens with zero attached hydrogens (tertiary/aromatic N) is 2. The Kier molecular flexibility index (Phi) is 4.42. The fraction of sp³-hybridized carbons (Fsp3) is 0.643. The molecule has 2 N–H and O–H groups in total. The first-order chi connectivity index (χ1) is 8.70. The van der Waals surface area contributed by atoms with E-state index < -0.39 is 0 Å². The topological polar surface area (TPSA) is 51.3 Å². The number of nitrogens with two attached hydrogens (primary N) is 1. The highest BCUT2D eigenvalue weighted by Crippen LogP contribution is 2.16. The summed E-state index contributed by atoms with van der Waals surface area (Å²) in [6.07, 6.45) is 8.32. The fourth-order valence-corrected chi connectivity index (χ4v) is 2.48. The van der Waals surface area contributed by atoms with Crippen LogP contribution < -0.4 is 5.73 Å². The number of rotatable bonds is 5. The predicted molar refractivity (Wildman–Crippen MR) is 72.1 cm³/mol. The van der Waals surface area contributed by atoms with Gasteiger partial charge in [0.15, 0.2) is 0 Å². The van der Waals surface area contributed by atoms with E-state index in [2.05, 4.69) is 6.92 Å². The molecular formula is C14H23N3O. The van der Waals surface area contributed by atoms with Crippen LogP contribution >= 0.6 is 0 Å². The van der Waals surface area contributed by atoms with Gasteiger partial charge in [-0.25, -0.2) is 0 Å². The molecule has 0 saturated carbocycles. The summed E-state index contributed by atoms with van der Waals surface area (Å²) in [7, 11) is 0. The van der Waals surface area contributed by atoms with Gasteiger partial charge < -0.3 is 15.2 Å². The maximum Gasteiger partial charge on any atom is 0.242 e. The van der Waals surface area contributed by atoms with E-state index in [0.717, 1.165) is 44.3 Å². The highest BCUT2D eigenvalue weighted by Gasteiger charge is 2.18. The van der Waals surface area contributed by atoms with E-state index in [9.17, 15) is 4.79 Å². The van der Waals surface area contributed by atoms with Crippen LogP contribution in [0.3, 0.4) is 0 Å². The zero-order valence-corrected chi connectivity index (χ0v) is 11.1. The summed E-state index contributed by atoms with van der Waals surface area (Å²) in [5.74, 6) is 0.221. The van der Waals surface area contributed by atoms with Gasteiger partial charge in [-0.15, -0.1) is 0 Å². The molecule has 0 radical (unpaired) electrons. The summed E-state index contributed by atoms with van der Waals surface area (Å²) in [5, 5.41) is 0. The van der Waals surface area contributed by atoms with Crippen molar-refractivity contribution in [3.8, 4) is 0 Å². The largest absolute Gasteiger partial charge is 0.345 e. The van der Waals surface area contributed by atoms with Crippen molar-refractivity contribution in [2.45, 2.75) is 45.2 Å². The average molecular weight is 249 g/mol. The maximum atomic E-state index is 12.0. The van der Waals surface area contributed by atoms with Crippen LogP contribution in [0, 0.1) is 0 Å². The van der Waals surface area contributed by atoms with Crippen LogP contribution in [0.15, 0.2) is 18.5 Å².